The van der Waals surface area contributed by atoms with Crippen LogP contribution in [0.3, 0.4) is 0 Å². The quantitative estimate of drug-likeness (QED) is 0.638. The van der Waals surface area contributed by atoms with E-state index in [0.29, 0.717) is 6.42 Å². The molecule has 1 aliphatic carbocycles. The Kier molecular flexibility index (Phi) is 3.79. The fourth-order valence-electron chi connectivity index (χ4n) is 5.43. The predicted octanol–water partition coefficient (Wildman–Crippen LogP) is 5.10. The number of ketones is 1. The minimum Gasteiger partial charge on any atom is -0.373 e. The van der Waals surface area contributed by atoms with Crippen molar-refractivity contribution in [3.05, 3.63) is 66.1 Å². The van der Waals surface area contributed by atoms with Crippen molar-refractivity contribution >= 4 is 17.0 Å². The van der Waals surface area contributed by atoms with Crippen LogP contribution in [0.5, 0.6) is 0 Å². The molecule has 0 saturated heterocycles. The van der Waals surface area contributed by atoms with Gasteiger partial charge in [-0.3, -0.25) is 9.20 Å². The van der Waals surface area contributed by atoms with E-state index in [2.05, 4.69) is 52.5 Å². The summed E-state index contributed by atoms with van der Waals surface area (Å²) in [6, 6.07) is 8.58. The molecule has 148 valence electrons. The number of allylic oxidation sites excluding steroid dienone is 1. The Balaban J connectivity index is 1.85. The molecule has 1 aromatic carbocycles. The van der Waals surface area contributed by atoms with E-state index in [1.807, 2.05) is 32.4 Å². The molecule has 2 aromatic heterocycles. The average molecular weight is 386 g/mol. The lowest BCUT2D eigenvalue weighted by Crippen LogP contribution is -2.55. The molecule has 5 rings (SSSR count). The summed E-state index contributed by atoms with van der Waals surface area (Å²) in [5.74, 6) is 0.224. The number of anilines is 1. The van der Waals surface area contributed by atoms with Gasteiger partial charge in [-0.2, -0.15) is 0 Å². The predicted molar refractivity (Wildman–Crippen MR) is 118 cm³/mol. The summed E-state index contributed by atoms with van der Waals surface area (Å²) in [5.41, 5.74) is 7.34. The Bertz CT molecular complexity index is 1170. The standard InChI is InChI=1S/C25H27N3O/c1-5-12-25(4)20-13-19(21-11-6-8-16-14-26-15-28(16)21)17-9-7-10-18(17)22(20)27-24(2,3)23(25)29/h5-6,8,11,13-15,27H,1,7,9-10,12H2,2-4H3. The zero-order valence-corrected chi connectivity index (χ0v) is 17.4. The van der Waals surface area contributed by atoms with E-state index in [0.717, 1.165) is 36.0 Å². The van der Waals surface area contributed by atoms with Crippen molar-refractivity contribution in [1.29, 1.82) is 0 Å². The highest BCUT2D eigenvalue weighted by atomic mass is 16.1. The maximum atomic E-state index is 13.5. The summed E-state index contributed by atoms with van der Waals surface area (Å²) in [4.78, 5) is 17.9. The third-order valence-corrected chi connectivity index (χ3v) is 6.78. The van der Waals surface area contributed by atoms with Crippen molar-refractivity contribution in [1.82, 2.24) is 9.38 Å². The Morgan fingerprint density at radius 2 is 2.03 bits per heavy atom. The zero-order valence-electron chi connectivity index (χ0n) is 17.4. The van der Waals surface area contributed by atoms with Crippen molar-refractivity contribution in [3.63, 3.8) is 0 Å². The third-order valence-electron chi connectivity index (χ3n) is 6.78. The Morgan fingerprint density at radius 1 is 1.24 bits per heavy atom. The zero-order chi connectivity index (χ0) is 20.4. The van der Waals surface area contributed by atoms with E-state index in [9.17, 15) is 4.79 Å². The first-order valence-electron chi connectivity index (χ1n) is 10.4. The van der Waals surface area contributed by atoms with Crippen molar-refractivity contribution < 1.29 is 4.79 Å². The molecule has 1 aliphatic heterocycles. The van der Waals surface area contributed by atoms with Crippen LogP contribution in [0, 0.1) is 0 Å². The van der Waals surface area contributed by atoms with E-state index in [1.165, 1.54) is 22.4 Å². The molecule has 29 heavy (non-hydrogen) atoms. The van der Waals surface area contributed by atoms with Crippen molar-refractivity contribution in [3.8, 4) is 11.3 Å². The van der Waals surface area contributed by atoms with Gasteiger partial charge in [0.2, 0.25) is 0 Å². The second kappa shape index (κ2) is 6.06. The van der Waals surface area contributed by atoms with Gasteiger partial charge in [0.05, 0.1) is 34.7 Å². The normalized spacial score (nSPS) is 22.2. The number of benzene rings is 1. The maximum Gasteiger partial charge on any atom is 0.168 e. The molecule has 1 N–H and O–H groups in total. The van der Waals surface area contributed by atoms with E-state index < -0.39 is 11.0 Å². The van der Waals surface area contributed by atoms with Crippen LogP contribution in [0.2, 0.25) is 0 Å². The molecule has 3 heterocycles. The van der Waals surface area contributed by atoms with Crippen LogP contribution in [0.1, 0.15) is 50.3 Å². The first-order chi connectivity index (χ1) is 13.9. The summed E-state index contributed by atoms with van der Waals surface area (Å²) in [5, 5.41) is 3.61. The van der Waals surface area contributed by atoms with Crippen LogP contribution in [0.4, 0.5) is 5.69 Å². The highest BCUT2D eigenvalue weighted by molar-refractivity contribution is 6.04. The molecule has 1 atom stereocenters. The van der Waals surface area contributed by atoms with Crippen LogP contribution in [-0.2, 0) is 23.1 Å². The van der Waals surface area contributed by atoms with Gasteiger partial charge >= 0.3 is 0 Å². The molecular weight excluding hydrogens is 358 g/mol. The maximum absolute atomic E-state index is 13.5. The largest absolute Gasteiger partial charge is 0.373 e. The second-order valence-corrected chi connectivity index (χ2v) is 9.16. The topological polar surface area (TPSA) is 46.4 Å². The van der Waals surface area contributed by atoms with Crippen molar-refractivity contribution in [2.24, 2.45) is 0 Å². The van der Waals surface area contributed by atoms with E-state index in [-0.39, 0.29) is 5.78 Å². The number of carbonyl (C=O) groups excluding carboxylic acids is 1. The van der Waals surface area contributed by atoms with Crippen molar-refractivity contribution in [2.45, 2.75) is 57.4 Å². The van der Waals surface area contributed by atoms with Gasteiger partial charge in [0.1, 0.15) is 0 Å². The Morgan fingerprint density at radius 3 is 2.83 bits per heavy atom. The van der Waals surface area contributed by atoms with Gasteiger partial charge in [0.15, 0.2) is 5.78 Å². The highest BCUT2D eigenvalue weighted by Gasteiger charge is 2.49. The fourth-order valence-corrected chi connectivity index (χ4v) is 5.43. The van der Waals surface area contributed by atoms with Crippen LogP contribution in [-0.4, -0.2) is 20.7 Å². The number of nitrogens with zero attached hydrogens (tertiary/aromatic N) is 2. The number of hydrogen-bond donors (Lipinski definition) is 1. The van der Waals surface area contributed by atoms with Gasteiger partial charge in [-0.25, -0.2) is 4.98 Å². The number of pyridine rings is 1. The lowest BCUT2D eigenvalue weighted by atomic mass is 9.65. The lowest BCUT2D eigenvalue weighted by Gasteiger charge is -2.44. The first kappa shape index (κ1) is 18.2. The number of fused-ring (bicyclic) bond motifs is 4. The number of Topliss-reactive ketones (excluding diaryl/α,β-unsaturated/α-hetero) is 1. The van der Waals surface area contributed by atoms with Gasteiger partial charge in [0, 0.05) is 11.3 Å². The van der Waals surface area contributed by atoms with E-state index >= 15 is 0 Å². The molecule has 0 radical (unpaired) electrons. The number of aromatic nitrogens is 2. The molecule has 4 nitrogen and oxygen atoms in total. The van der Waals surface area contributed by atoms with Gasteiger partial charge in [-0.15, -0.1) is 6.58 Å². The second-order valence-electron chi connectivity index (χ2n) is 9.16. The molecule has 2 aliphatic rings. The summed E-state index contributed by atoms with van der Waals surface area (Å²) in [6.45, 7) is 10.0. The molecule has 1 unspecified atom stereocenters. The molecule has 3 aromatic rings. The fraction of sp³-hybridized carbons (Fsp3) is 0.360. The highest BCUT2D eigenvalue weighted by Crippen LogP contribution is 2.49. The van der Waals surface area contributed by atoms with Crippen LogP contribution < -0.4 is 5.32 Å². The average Bonchev–Trinajstić information content (AvgIpc) is 3.36. The monoisotopic (exact) mass is 385 g/mol. The van der Waals surface area contributed by atoms with Crippen molar-refractivity contribution in [2.75, 3.05) is 5.32 Å². The minimum atomic E-state index is -0.590. The SMILES string of the molecule is C=CCC1(C)C(=O)C(C)(C)Nc2c1cc(-c1cccc3cncn13)c1c2CCC1. The summed E-state index contributed by atoms with van der Waals surface area (Å²) in [7, 11) is 0. The molecule has 0 saturated carbocycles. The van der Waals surface area contributed by atoms with Crippen LogP contribution >= 0.6 is 0 Å². The summed E-state index contributed by atoms with van der Waals surface area (Å²) >= 11 is 0. The van der Waals surface area contributed by atoms with Gasteiger partial charge in [-0.1, -0.05) is 12.1 Å². The summed E-state index contributed by atoms with van der Waals surface area (Å²) in [6.07, 6.45) is 9.54. The van der Waals surface area contributed by atoms with Crippen LogP contribution in [0.15, 0.2) is 49.4 Å². The minimum absolute atomic E-state index is 0.224. The first-order valence-corrected chi connectivity index (χ1v) is 10.4. The Hall–Kier alpha value is -2.88. The van der Waals surface area contributed by atoms with Gasteiger partial charge in [-0.05, 0) is 81.3 Å². The number of nitrogens with one attached hydrogen (secondary N) is 1. The lowest BCUT2D eigenvalue weighted by molar-refractivity contribution is -0.128. The smallest absolute Gasteiger partial charge is 0.168 e. The Labute approximate surface area is 171 Å². The number of imidazole rings is 1. The molecule has 0 fully saturated rings. The molecule has 0 amide bonds. The number of hydrogen-bond acceptors (Lipinski definition) is 3. The molecule has 4 heteroatoms. The molecule has 0 bridgehead atoms. The van der Waals surface area contributed by atoms with E-state index in [1.54, 1.807) is 0 Å². The van der Waals surface area contributed by atoms with Crippen LogP contribution in [0.25, 0.3) is 16.8 Å². The third kappa shape index (κ3) is 2.44. The van der Waals surface area contributed by atoms with E-state index in [4.69, 9.17) is 0 Å². The summed E-state index contributed by atoms with van der Waals surface area (Å²) < 4.78 is 2.15. The number of carbonyl (C=O) groups is 1. The van der Waals surface area contributed by atoms with Gasteiger partial charge < -0.3 is 5.32 Å². The molecule has 0 spiro atoms. The molecular formula is C25H27N3O. The van der Waals surface area contributed by atoms with Gasteiger partial charge in [0.25, 0.3) is 0 Å². The number of rotatable bonds is 3.